The highest BCUT2D eigenvalue weighted by Gasteiger charge is 2.25. The average molecular weight is 268 g/mol. The topological polar surface area (TPSA) is 49.6 Å². The van der Waals surface area contributed by atoms with Gasteiger partial charge in [-0.15, -0.1) is 0 Å². The number of hydrogen-bond acceptors (Lipinski definition) is 3. The summed E-state index contributed by atoms with van der Waals surface area (Å²) in [6.07, 6.45) is 0. The third-order valence-corrected chi connectivity index (χ3v) is 3.83. The highest BCUT2D eigenvalue weighted by atomic mass is 35.5. The molecule has 1 aliphatic rings. The van der Waals surface area contributed by atoms with Crippen LogP contribution in [-0.2, 0) is 0 Å². The zero-order valence-corrected chi connectivity index (χ0v) is 11.4. The summed E-state index contributed by atoms with van der Waals surface area (Å²) in [7, 11) is 2.08. The highest BCUT2D eigenvalue weighted by molar-refractivity contribution is 6.33. The Bertz CT molecular complexity index is 464. The SMILES string of the molecule is CC1CN(C(=O)c2ccc(Cl)c(N)c2)CCN1C. The van der Waals surface area contributed by atoms with Gasteiger partial charge in [-0.3, -0.25) is 4.79 Å². The van der Waals surface area contributed by atoms with E-state index in [0.717, 1.165) is 19.6 Å². The van der Waals surface area contributed by atoms with E-state index < -0.39 is 0 Å². The molecule has 1 atom stereocenters. The van der Waals surface area contributed by atoms with Crippen LogP contribution in [0.25, 0.3) is 0 Å². The Kier molecular flexibility index (Phi) is 3.78. The molecule has 5 heteroatoms. The number of carbonyl (C=O) groups excluding carboxylic acids is 1. The minimum absolute atomic E-state index is 0.0262. The summed E-state index contributed by atoms with van der Waals surface area (Å²) in [4.78, 5) is 16.4. The van der Waals surface area contributed by atoms with Crippen molar-refractivity contribution >= 4 is 23.2 Å². The lowest BCUT2D eigenvalue weighted by atomic mass is 10.1. The van der Waals surface area contributed by atoms with Crippen molar-refractivity contribution in [3.05, 3.63) is 28.8 Å². The molecule has 1 aliphatic heterocycles. The minimum atomic E-state index is 0.0262. The van der Waals surface area contributed by atoms with Gasteiger partial charge in [0.25, 0.3) is 5.91 Å². The lowest BCUT2D eigenvalue weighted by Gasteiger charge is -2.37. The molecule has 1 fully saturated rings. The maximum absolute atomic E-state index is 12.3. The van der Waals surface area contributed by atoms with E-state index in [-0.39, 0.29) is 5.91 Å². The summed E-state index contributed by atoms with van der Waals surface area (Å²) in [5.74, 6) is 0.0262. The van der Waals surface area contributed by atoms with E-state index in [1.54, 1.807) is 18.2 Å². The summed E-state index contributed by atoms with van der Waals surface area (Å²) in [5.41, 5.74) is 6.78. The Morgan fingerprint density at radius 1 is 1.44 bits per heavy atom. The van der Waals surface area contributed by atoms with Crippen LogP contribution in [-0.4, -0.2) is 48.4 Å². The Morgan fingerprint density at radius 2 is 2.17 bits per heavy atom. The second-order valence-electron chi connectivity index (χ2n) is 4.82. The van der Waals surface area contributed by atoms with Crippen molar-refractivity contribution in [3.63, 3.8) is 0 Å². The zero-order chi connectivity index (χ0) is 13.3. The molecule has 2 rings (SSSR count). The third-order valence-electron chi connectivity index (χ3n) is 3.49. The molecule has 4 nitrogen and oxygen atoms in total. The quantitative estimate of drug-likeness (QED) is 0.788. The van der Waals surface area contributed by atoms with Gasteiger partial charge in [-0.25, -0.2) is 0 Å². The van der Waals surface area contributed by atoms with Gasteiger partial charge in [-0.05, 0) is 32.2 Å². The number of amides is 1. The van der Waals surface area contributed by atoms with Gasteiger partial charge < -0.3 is 15.5 Å². The van der Waals surface area contributed by atoms with Gasteiger partial charge in [0.1, 0.15) is 0 Å². The Hall–Kier alpha value is -1.26. The van der Waals surface area contributed by atoms with Crippen LogP contribution in [0.15, 0.2) is 18.2 Å². The van der Waals surface area contributed by atoms with Crippen LogP contribution in [0, 0.1) is 0 Å². The fraction of sp³-hybridized carbons (Fsp3) is 0.462. The fourth-order valence-corrected chi connectivity index (χ4v) is 2.21. The summed E-state index contributed by atoms with van der Waals surface area (Å²) in [6.45, 7) is 4.52. The first-order valence-corrected chi connectivity index (χ1v) is 6.41. The number of nitrogen functional groups attached to an aromatic ring is 1. The number of likely N-dealkylation sites (N-methyl/N-ethyl adjacent to an activating group) is 1. The summed E-state index contributed by atoms with van der Waals surface area (Å²) in [6, 6.07) is 5.42. The normalized spacial score (nSPS) is 21.1. The first-order chi connectivity index (χ1) is 8.49. The molecular formula is C13H18ClN3O. The number of nitrogens with two attached hydrogens (primary N) is 1. The zero-order valence-electron chi connectivity index (χ0n) is 10.7. The smallest absolute Gasteiger partial charge is 0.254 e. The molecule has 0 spiro atoms. The number of halogens is 1. The van der Waals surface area contributed by atoms with Crippen molar-refractivity contribution in [1.82, 2.24) is 9.80 Å². The third kappa shape index (κ3) is 2.60. The number of rotatable bonds is 1. The van der Waals surface area contributed by atoms with Gasteiger partial charge in [-0.2, -0.15) is 0 Å². The van der Waals surface area contributed by atoms with Crippen LogP contribution >= 0.6 is 11.6 Å². The van der Waals surface area contributed by atoms with Crippen LogP contribution in [0.5, 0.6) is 0 Å². The van der Waals surface area contributed by atoms with Crippen LogP contribution in [0.4, 0.5) is 5.69 Å². The molecule has 1 saturated heterocycles. The maximum Gasteiger partial charge on any atom is 0.254 e. The molecule has 18 heavy (non-hydrogen) atoms. The molecular weight excluding hydrogens is 250 g/mol. The minimum Gasteiger partial charge on any atom is -0.398 e. The predicted molar refractivity (Wildman–Crippen MR) is 73.9 cm³/mol. The first kappa shape index (κ1) is 13.2. The molecule has 1 heterocycles. The highest BCUT2D eigenvalue weighted by Crippen LogP contribution is 2.21. The van der Waals surface area contributed by atoms with Gasteiger partial charge in [0.15, 0.2) is 0 Å². The fourth-order valence-electron chi connectivity index (χ4n) is 2.09. The first-order valence-electron chi connectivity index (χ1n) is 6.03. The second-order valence-corrected chi connectivity index (χ2v) is 5.22. The molecule has 1 aromatic rings. The van der Waals surface area contributed by atoms with Crippen molar-refractivity contribution in [2.45, 2.75) is 13.0 Å². The summed E-state index contributed by atoms with van der Waals surface area (Å²) in [5, 5.41) is 0.485. The van der Waals surface area contributed by atoms with Gasteiger partial charge in [0.2, 0.25) is 0 Å². The van der Waals surface area contributed by atoms with Gasteiger partial charge in [-0.1, -0.05) is 11.6 Å². The van der Waals surface area contributed by atoms with Gasteiger partial charge in [0.05, 0.1) is 10.7 Å². The van der Waals surface area contributed by atoms with E-state index in [2.05, 4.69) is 18.9 Å². The van der Waals surface area contributed by atoms with E-state index >= 15 is 0 Å². The maximum atomic E-state index is 12.3. The number of piperazine rings is 1. The molecule has 2 N–H and O–H groups in total. The lowest BCUT2D eigenvalue weighted by Crippen LogP contribution is -2.52. The molecule has 1 unspecified atom stereocenters. The summed E-state index contributed by atoms with van der Waals surface area (Å²) < 4.78 is 0. The van der Waals surface area contributed by atoms with E-state index in [1.165, 1.54) is 0 Å². The van der Waals surface area contributed by atoms with E-state index in [9.17, 15) is 4.79 Å². The van der Waals surface area contributed by atoms with E-state index in [1.807, 2.05) is 4.90 Å². The number of hydrogen-bond donors (Lipinski definition) is 1. The van der Waals surface area contributed by atoms with Gasteiger partial charge >= 0.3 is 0 Å². The Morgan fingerprint density at radius 3 is 2.78 bits per heavy atom. The monoisotopic (exact) mass is 267 g/mol. The molecule has 0 aromatic heterocycles. The Labute approximate surface area is 112 Å². The second kappa shape index (κ2) is 5.16. The number of nitrogens with zero attached hydrogens (tertiary/aromatic N) is 2. The molecule has 0 aliphatic carbocycles. The standard InChI is InChI=1S/C13H18ClN3O/c1-9-8-17(6-5-16(9)2)13(18)10-3-4-11(14)12(15)7-10/h3-4,7,9H,5-6,8,15H2,1-2H3. The van der Waals surface area contributed by atoms with Crippen LogP contribution in [0.2, 0.25) is 5.02 Å². The van der Waals surface area contributed by atoms with Crippen LogP contribution < -0.4 is 5.73 Å². The molecule has 0 bridgehead atoms. The van der Waals surface area contributed by atoms with Crippen molar-refractivity contribution in [3.8, 4) is 0 Å². The van der Waals surface area contributed by atoms with Crippen LogP contribution in [0.3, 0.4) is 0 Å². The van der Waals surface area contributed by atoms with Crippen molar-refractivity contribution in [2.75, 3.05) is 32.4 Å². The lowest BCUT2D eigenvalue weighted by molar-refractivity contribution is 0.0572. The Balaban J connectivity index is 2.14. The molecule has 98 valence electrons. The van der Waals surface area contributed by atoms with E-state index in [0.29, 0.717) is 22.3 Å². The molecule has 0 radical (unpaired) electrons. The number of carbonyl (C=O) groups is 1. The predicted octanol–water partition coefficient (Wildman–Crippen LogP) is 1.70. The van der Waals surface area contributed by atoms with Crippen molar-refractivity contribution < 1.29 is 4.79 Å². The average Bonchev–Trinajstić information content (AvgIpc) is 2.35. The number of benzene rings is 1. The summed E-state index contributed by atoms with van der Waals surface area (Å²) >= 11 is 5.86. The van der Waals surface area contributed by atoms with Crippen LogP contribution in [0.1, 0.15) is 17.3 Å². The van der Waals surface area contributed by atoms with Gasteiger partial charge in [0, 0.05) is 31.2 Å². The largest absolute Gasteiger partial charge is 0.398 e. The number of anilines is 1. The van der Waals surface area contributed by atoms with E-state index in [4.69, 9.17) is 17.3 Å². The van der Waals surface area contributed by atoms with Crippen molar-refractivity contribution in [1.29, 1.82) is 0 Å². The molecule has 1 amide bonds. The molecule has 0 saturated carbocycles. The molecule has 1 aromatic carbocycles. The van der Waals surface area contributed by atoms with Crippen molar-refractivity contribution in [2.24, 2.45) is 0 Å².